The molecule has 8 nitrogen and oxygen atoms in total. The van der Waals surface area contributed by atoms with Crippen molar-refractivity contribution in [1.29, 1.82) is 0 Å². The fourth-order valence-corrected chi connectivity index (χ4v) is 4.60. The summed E-state index contributed by atoms with van der Waals surface area (Å²) in [4.78, 5) is 23.1. The first-order valence-electron chi connectivity index (χ1n) is 11.4. The summed E-state index contributed by atoms with van der Waals surface area (Å²) in [5.41, 5.74) is 1.74. The molecule has 1 saturated heterocycles. The van der Waals surface area contributed by atoms with E-state index in [9.17, 15) is 9.90 Å². The highest BCUT2D eigenvalue weighted by Gasteiger charge is 2.27. The molecule has 32 heavy (non-hydrogen) atoms. The molecule has 9 heteroatoms. The van der Waals surface area contributed by atoms with Crippen LogP contribution in [0.15, 0.2) is 12.3 Å². The number of carboxylic acid groups (broad SMARTS) is 1. The Bertz CT molecular complexity index is 896. The first-order chi connectivity index (χ1) is 15.2. The zero-order valence-corrected chi connectivity index (χ0v) is 20.5. The van der Waals surface area contributed by atoms with E-state index in [1.54, 1.807) is 0 Å². The third-order valence-electron chi connectivity index (χ3n) is 5.60. The number of carboxylic acids is 1. The second-order valence-electron chi connectivity index (χ2n) is 9.27. The number of carbonyl (C=O) groups is 1. The first-order valence-corrected chi connectivity index (χ1v) is 12.2. The van der Waals surface area contributed by atoms with Crippen molar-refractivity contribution >= 4 is 34.1 Å². The number of anilines is 3. The molecule has 0 spiro atoms. The summed E-state index contributed by atoms with van der Waals surface area (Å²) in [6.07, 6.45) is 3.80. The van der Waals surface area contributed by atoms with Crippen LogP contribution >= 0.6 is 11.5 Å². The van der Waals surface area contributed by atoms with E-state index < -0.39 is 5.97 Å². The van der Waals surface area contributed by atoms with Crippen molar-refractivity contribution in [1.82, 2.24) is 14.3 Å². The van der Waals surface area contributed by atoms with Gasteiger partial charge in [0.15, 0.2) is 5.82 Å². The molecule has 0 bridgehead atoms. The van der Waals surface area contributed by atoms with Gasteiger partial charge in [-0.25, -0.2) is 9.97 Å². The molecule has 0 aromatic carbocycles. The Labute approximate surface area is 194 Å². The molecule has 1 fully saturated rings. The van der Waals surface area contributed by atoms with Gasteiger partial charge in [0.25, 0.3) is 0 Å². The zero-order valence-electron chi connectivity index (χ0n) is 19.7. The van der Waals surface area contributed by atoms with E-state index >= 15 is 0 Å². The van der Waals surface area contributed by atoms with E-state index in [0.717, 1.165) is 60.6 Å². The number of aliphatic carboxylic acids is 1. The van der Waals surface area contributed by atoms with Crippen LogP contribution in [0, 0.1) is 5.92 Å². The highest BCUT2D eigenvalue weighted by atomic mass is 32.1. The maximum atomic E-state index is 11.3. The number of ether oxygens (including phenoxy) is 1. The van der Waals surface area contributed by atoms with Gasteiger partial charge in [-0.2, -0.15) is 4.37 Å². The number of rotatable bonds is 10. The first kappa shape index (κ1) is 24.4. The van der Waals surface area contributed by atoms with Crippen LogP contribution in [0.5, 0.6) is 0 Å². The van der Waals surface area contributed by atoms with Crippen molar-refractivity contribution in [2.75, 3.05) is 30.0 Å². The number of nitrogens with zero attached hydrogens (tertiary/aromatic N) is 4. The molecule has 3 heterocycles. The molecule has 176 valence electrons. The molecule has 2 aromatic heterocycles. The largest absolute Gasteiger partial charge is 0.481 e. The van der Waals surface area contributed by atoms with Gasteiger partial charge in [0.1, 0.15) is 5.82 Å². The SMILES string of the molecule is CC(C)CN(c1ncc([C@H](C)CC(=O)O)cc1Nc1nc(C(C)C)ns1)C1CCOCC1. The van der Waals surface area contributed by atoms with Crippen LogP contribution in [0.25, 0.3) is 0 Å². The van der Waals surface area contributed by atoms with Gasteiger partial charge < -0.3 is 20.1 Å². The van der Waals surface area contributed by atoms with E-state index in [1.165, 1.54) is 11.5 Å². The molecule has 0 amide bonds. The van der Waals surface area contributed by atoms with Crippen LogP contribution in [0.1, 0.15) is 77.1 Å². The molecule has 2 aromatic rings. The predicted octanol–water partition coefficient (Wildman–Crippen LogP) is 5.02. The molecule has 1 atom stereocenters. The van der Waals surface area contributed by atoms with Crippen molar-refractivity contribution in [3.8, 4) is 0 Å². The molecule has 0 radical (unpaired) electrons. The lowest BCUT2D eigenvalue weighted by Gasteiger charge is -2.37. The average molecular weight is 462 g/mol. The summed E-state index contributed by atoms with van der Waals surface area (Å²) in [7, 11) is 0. The Morgan fingerprint density at radius 3 is 2.59 bits per heavy atom. The molecule has 0 saturated carbocycles. The van der Waals surface area contributed by atoms with E-state index in [1.807, 2.05) is 19.2 Å². The van der Waals surface area contributed by atoms with E-state index in [-0.39, 0.29) is 18.3 Å². The van der Waals surface area contributed by atoms with Crippen molar-refractivity contribution in [3.63, 3.8) is 0 Å². The second-order valence-corrected chi connectivity index (χ2v) is 10.0. The highest BCUT2D eigenvalue weighted by molar-refractivity contribution is 7.09. The monoisotopic (exact) mass is 461 g/mol. The summed E-state index contributed by atoms with van der Waals surface area (Å²) >= 11 is 1.33. The lowest BCUT2D eigenvalue weighted by Crippen LogP contribution is -2.42. The molecule has 0 aliphatic carbocycles. The molecule has 2 N–H and O–H groups in total. The van der Waals surface area contributed by atoms with Gasteiger partial charge in [-0.15, -0.1) is 0 Å². The van der Waals surface area contributed by atoms with E-state index in [0.29, 0.717) is 12.0 Å². The topological polar surface area (TPSA) is 100 Å². The molecular formula is C23H35N5O3S. The quantitative estimate of drug-likeness (QED) is 0.509. The van der Waals surface area contributed by atoms with Gasteiger partial charge in [-0.3, -0.25) is 4.79 Å². The standard InChI is InChI=1S/C23H35N5O3S/c1-14(2)13-28(18-6-8-31-9-7-18)22-19(25-23-26-21(15(3)4)27-32-23)11-17(12-24-22)16(5)10-20(29)30/h11-12,14-16,18H,6-10,13H2,1-5H3,(H,29,30)(H,25,26,27)/t16-/m1/s1. The lowest BCUT2D eigenvalue weighted by molar-refractivity contribution is -0.137. The minimum absolute atomic E-state index is 0.0619. The Balaban J connectivity index is 2.00. The van der Waals surface area contributed by atoms with Gasteiger partial charge in [-0.05, 0) is 36.3 Å². The van der Waals surface area contributed by atoms with Crippen LogP contribution < -0.4 is 10.2 Å². The van der Waals surface area contributed by atoms with Crippen molar-refractivity contribution in [2.24, 2.45) is 5.92 Å². The number of hydrogen-bond donors (Lipinski definition) is 2. The highest BCUT2D eigenvalue weighted by Crippen LogP contribution is 2.34. The van der Waals surface area contributed by atoms with Gasteiger partial charge >= 0.3 is 5.97 Å². The summed E-state index contributed by atoms with van der Waals surface area (Å²) in [5, 5.41) is 13.4. The molecule has 3 rings (SSSR count). The molecular weight excluding hydrogens is 426 g/mol. The maximum Gasteiger partial charge on any atom is 0.303 e. The van der Waals surface area contributed by atoms with Crippen molar-refractivity contribution in [2.45, 2.75) is 71.8 Å². The van der Waals surface area contributed by atoms with Gasteiger partial charge in [0.05, 0.1) is 12.1 Å². The molecule has 0 unspecified atom stereocenters. The van der Waals surface area contributed by atoms with Gasteiger partial charge in [-0.1, -0.05) is 34.6 Å². The normalized spacial score (nSPS) is 15.8. The zero-order chi connectivity index (χ0) is 23.3. The summed E-state index contributed by atoms with van der Waals surface area (Å²) in [6, 6.07) is 2.38. The van der Waals surface area contributed by atoms with Crippen LogP contribution in [0.4, 0.5) is 16.6 Å². The number of pyridine rings is 1. The Kier molecular flexibility index (Phi) is 8.42. The number of hydrogen-bond acceptors (Lipinski definition) is 8. The smallest absolute Gasteiger partial charge is 0.303 e. The van der Waals surface area contributed by atoms with Gasteiger partial charge in [0.2, 0.25) is 5.13 Å². The fourth-order valence-electron chi connectivity index (χ4n) is 3.88. The van der Waals surface area contributed by atoms with Crippen molar-refractivity contribution < 1.29 is 14.6 Å². The third-order valence-corrected chi connectivity index (χ3v) is 6.25. The Morgan fingerprint density at radius 1 is 1.28 bits per heavy atom. The van der Waals surface area contributed by atoms with E-state index in [2.05, 4.69) is 47.3 Å². The molecule has 1 aliphatic heterocycles. The van der Waals surface area contributed by atoms with Crippen LogP contribution in [-0.4, -0.2) is 51.2 Å². The fraction of sp³-hybridized carbons (Fsp3) is 0.652. The van der Waals surface area contributed by atoms with E-state index in [4.69, 9.17) is 9.72 Å². The Hall–Kier alpha value is -2.26. The maximum absolute atomic E-state index is 11.3. The summed E-state index contributed by atoms with van der Waals surface area (Å²) in [5.74, 6) is 1.44. The number of aromatic nitrogens is 3. The average Bonchev–Trinajstić information content (AvgIpc) is 3.21. The number of nitrogens with one attached hydrogen (secondary N) is 1. The van der Waals surface area contributed by atoms with Crippen LogP contribution in [-0.2, 0) is 9.53 Å². The summed E-state index contributed by atoms with van der Waals surface area (Å²) < 4.78 is 10.1. The Morgan fingerprint density at radius 2 is 2.00 bits per heavy atom. The predicted molar refractivity (Wildman–Crippen MR) is 128 cm³/mol. The lowest BCUT2D eigenvalue weighted by atomic mass is 9.98. The second kappa shape index (κ2) is 11.0. The van der Waals surface area contributed by atoms with Gasteiger partial charge in [0, 0.05) is 49.4 Å². The minimum Gasteiger partial charge on any atom is -0.481 e. The summed E-state index contributed by atoms with van der Waals surface area (Å²) in [6.45, 7) is 12.9. The minimum atomic E-state index is -0.814. The van der Waals surface area contributed by atoms with Crippen LogP contribution in [0.3, 0.4) is 0 Å². The van der Waals surface area contributed by atoms with Crippen molar-refractivity contribution in [3.05, 3.63) is 23.7 Å². The molecule has 1 aliphatic rings. The van der Waals surface area contributed by atoms with Crippen LogP contribution in [0.2, 0.25) is 0 Å². The third kappa shape index (κ3) is 6.38.